The zero-order chi connectivity index (χ0) is 11.7. The van der Waals surface area contributed by atoms with Crippen molar-refractivity contribution in [3.05, 3.63) is 35.4 Å². The molecule has 0 bridgehead atoms. The van der Waals surface area contributed by atoms with Crippen LogP contribution in [0.15, 0.2) is 18.2 Å². The van der Waals surface area contributed by atoms with E-state index in [1.807, 2.05) is 0 Å². The minimum atomic E-state index is 0. The molecule has 0 saturated carbocycles. The predicted octanol–water partition coefficient (Wildman–Crippen LogP) is -0.759. The molecule has 0 radical (unpaired) electrons. The molecule has 3 heteroatoms. The van der Waals surface area contributed by atoms with Crippen molar-refractivity contribution in [3.8, 4) is 0 Å². The molecule has 1 heterocycles. The van der Waals surface area contributed by atoms with Crippen molar-refractivity contribution in [2.24, 2.45) is 0 Å². The number of rotatable bonds is 3. The van der Waals surface area contributed by atoms with E-state index < -0.39 is 0 Å². The van der Waals surface area contributed by atoms with Crippen LogP contribution < -0.4 is 18.9 Å². The van der Waals surface area contributed by atoms with Crippen LogP contribution in [0.25, 0.3) is 0 Å². The van der Waals surface area contributed by atoms with Crippen molar-refractivity contribution in [2.75, 3.05) is 26.8 Å². The summed E-state index contributed by atoms with van der Waals surface area (Å²) in [4.78, 5) is 2.62. The third kappa shape index (κ3) is 2.53. The van der Waals surface area contributed by atoms with E-state index in [0.717, 1.165) is 25.1 Å². The largest absolute Gasteiger partial charge is 1.00 e. The summed E-state index contributed by atoms with van der Waals surface area (Å²) in [6.45, 7) is 3.18. The SMILES string of the molecule is COCCN1CC[C@H]2c3cc[c-]cc3CC[C@H]21.[Li+]. The molecule has 1 saturated heterocycles. The normalized spacial score (nSPS) is 26.3. The number of nitrogens with zero attached hydrogens (tertiary/aromatic N) is 1. The number of aryl methyl sites for hydroxylation is 1. The standard InChI is InChI=1S/C15H20NO.Li/c1-17-11-10-16-9-8-14-13-5-3-2-4-12(13)6-7-15(14)16;/h3-5,14-15H,6-11H2,1H3;/q-1;+1/t14-,15+;/m0./s1. The Morgan fingerprint density at radius 2 is 2.33 bits per heavy atom. The smallest absolute Gasteiger partial charge is 0.383 e. The van der Waals surface area contributed by atoms with Crippen LogP contribution in [-0.2, 0) is 11.2 Å². The number of hydrogen-bond donors (Lipinski definition) is 0. The summed E-state index contributed by atoms with van der Waals surface area (Å²) < 4.78 is 5.21. The zero-order valence-corrected chi connectivity index (χ0v) is 11.5. The van der Waals surface area contributed by atoms with Crippen molar-refractivity contribution in [3.63, 3.8) is 0 Å². The summed E-state index contributed by atoms with van der Waals surface area (Å²) in [5, 5.41) is 0. The molecule has 1 aliphatic carbocycles. The molecule has 1 fully saturated rings. The number of ether oxygens (including phenoxy) is 1. The van der Waals surface area contributed by atoms with Gasteiger partial charge < -0.3 is 4.74 Å². The van der Waals surface area contributed by atoms with Gasteiger partial charge in [0.05, 0.1) is 6.61 Å². The second kappa shape index (κ2) is 6.26. The summed E-state index contributed by atoms with van der Waals surface area (Å²) in [6, 6.07) is 10.5. The summed E-state index contributed by atoms with van der Waals surface area (Å²) in [7, 11) is 1.79. The van der Waals surface area contributed by atoms with Gasteiger partial charge in [-0.2, -0.15) is 29.8 Å². The van der Waals surface area contributed by atoms with Gasteiger partial charge in [0.1, 0.15) is 0 Å². The first kappa shape index (κ1) is 14.2. The molecular formula is C15H20LiNO. The summed E-state index contributed by atoms with van der Waals surface area (Å²) in [5.74, 6) is 0.755. The first-order chi connectivity index (χ1) is 8.40. The molecule has 0 amide bonds. The molecule has 2 aliphatic rings. The molecule has 0 aromatic heterocycles. The number of fused-ring (bicyclic) bond motifs is 3. The van der Waals surface area contributed by atoms with Crippen molar-refractivity contribution < 1.29 is 23.6 Å². The molecule has 18 heavy (non-hydrogen) atoms. The van der Waals surface area contributed by atoms with E-state index in [9.17, 15) is 0 Å². The Morgan fingerprint density at radius 1 is 1.44 bits per heavy atom. The molecule has 3 rings (SSSR count). The topological polar surface area (TPSA) is 12.5 Å². The Kier molecular flexibility index (Phi) is 4.92. The molecule has 92 valence electrons. The molecular weight excluding hydrogens is 217 g/mol. The van der Waals surface area contributed by atoms with Crippen LogP contribution in [0.3, 0.4) is 0 Å². The molecule has 0 N–H and O–H groups in total. The second-order valence-corrected chi connectivity index (χ2v) is 5.15. The van der Waals surface area contributed by atoms with Crippen LogP contribution in [-0.4, -0.2) is 37.7 Å². The maximum absolute atomic E-state index is 5.21. The van der Waals surface area contributed by atoms with E-state index in [0.29, 0.717) is 0 Å². The number of methoxy groups -OCH3 is 1. The monoisotopic (exact) mass is 237 g/mol. The van der Waals surface area contributed by atoms with Crippen LogP contribution in [0.2, 0.25) is 0 Å². The van der Waals surface area contributed by atoms with Gasteiger partial charge in [-0.05, 0) is 25.3 Å². The van der Waals surface area contributed by atoms with Crippen LogP contribution in [0.5, 0.6) is 0 Å². The molecule has 2 nitrogen and oxygen atoms in total. The fourth-order valence-corrected chi connectivity index (χ4v) is 3.51. The van der Waals surface area contributed by atoms with Gasteiger partial charge in [0.25, 0.3) is 0 Å². The quantitative estimate of drug-likeness (QED) is 0.506. The molecule has 1 aromatic carbocycles. The fourth-order valence-electron chi connectivity index (χ4n) is 3.51. The molecule has 0 unspecified atom stereocenters. The maximum Gasteiger partial charge on any atom is 1.00 e. The summed E-state index contributed by atoms with van der Waals surface area (Å²) >= 11 is 0. The third-order valence-electron chi connectivity index (χ3n) is 4.34. The van der Waals surface area contributed by atoms with E-state index in [2.05, 4.69) is 29.2 Å². The Hall–Kier alpha value is -0.263. The van der Waals surface area contributed by atoms with E-state index in [-0.39, 0.29) is 18.9 Å². The van der Waals surface area contributed by atoms with E-state index in [1.165, 1.54) is 31.4 Å². The third-order valence-corrected chi connectivity index (χ3v) is 4.34. The van der Waals surface area contributed by atoms with Crippen molar-refractivity contribution in [2.45, 2.75) is 31.2 Å². The summed E-state index contributed by atoms with van der Waals surface area (Å²) in [5.41, 5.74) is 3.11. The van der Waals surface area contributed by atoms with Gasteiger partial charge in [-0.1, -0.05) is 6.42 Å². The molecule has 1 aliphatic heterocycles. The van der Waals surface area contributed by atoms with Gasteiger partial charge in [0.2, 0.25) is 0 Å². The predicted molar refractivity (Wildman–Crippen MR) is 68.2 cm³/mol. The fraction of sp³-hybridized carbons (Fsp3) is 0.600. The Bertz CT molecular complexity index is 396. The van der Waals surface area contributed by atoms with Crippen LogP contribution in [0, 0.1) is 6.07 Å². The van der Waals surface area contributed by atoms with Gasteiger partial charge in [-0.3, -0.25) is 4.90 Å². The Balaban J connectivity index is 0.00000120. The van der Waals surface area contributed by atoms with E-state index >= 15 is 0 Å². The van der Waals surface area contributed by atoms with Gasteiger partial charge in [0.15, 0.2) is 0 Å². The number of likely N-dealkylation sites (tertiary alicyclic amines) is 1. The first-order valence-corrected chi connectivity index (χ1v) is 6.62. The second-order valence-electron chi connectivity index (χ2n) is 5.15. The van der Waals surface area contributed by atoms with Gasteiger partial charge in [0, 0.05) is 19.7 Å². The number of hydrogen-bond acceptors (Lipinski definition) is 2. The van der Waals surface area contributed by atoms with Crippen molar-refractivity contribution in [1.29, 1.82) is 0 Å². The van der Waals surface area contributed by atoms with E-state index in [1.54, 1.807) is 12.7 Å². The minimum Gasteiger partial charge on any atom is -0.383 e. The zero-order valence-electron chi connectivity index (χ0n) is 11.5. The van der Waals surface area contributed by atoms with Gasteiger partial charge in [-0.15, -0.1) is 5.56 Å². The number of benzene rings is 1. The van der Waals surface area contributed by atoms with Crippen LogP contribution >= 0.6 is 0 Å². The van der Waals surface area contributed by atoms with Gasteiger partial charge in [-0.25, -0.2) is 0 Å². The minimum absolute atomic E-state index is 0. The van der Waals surface area contributed by atoms with Crippen molar-refractivity contribution in [1.82, 2.24) is 4.90 Å². The summed E-state index contributed by atoms with van der Waals surface area (Å²) in [6.07, 6.45) is 3.84. The molecule has 0 spiro atoms. The first-order valence-electron chi connectivity index (χ1n) is 6.62. The average molecular weight is 237 g/mol. The van der Waals surface area contributed by atoms with Crippen LogP contribution in [0.1, 0.15) is 29.9 Å². The molecule has 2 atom stereocenters. The van der Waals surface area contributed by atoms with Crippen molar-refractivity contribution >= 4 is 0 Å². The average Bonchev–Trinajstić information content (AvgIpc) is 2.80. The van der Waals surface area contributed by atoms with Gasteiger partial charge >= 0.3 is 18.9 Å². The van der Waals surface area contributed by atoms with E-state index in [4.69, 9.17) is 4.74 Å². The van der Waals surface area contributed by atoms with Crippen LogP contribution in [0.4, 0.5) is 0 Å². The molecule has 1 aromatic rings. The maximum atomic E-state index is 5.21. The Morgan fingerprint density at radius 3 is 3.17 bits per heavy atom. The Labute approximate surface area is 122 Å².